The number of carbonyl (C=O) groups is 3. The second-order valence-corrected chi connectivity index (χ2v) is 9.34. The minimum atomic E-state index is -2.41. The van der Waals surface area contributed by atoms with Crippen molar-refractivity contribution in [2.24, 2.45) is 17.6 Å². The van der Waals surface area contributed by atoms with Gasteiger partial charge in [0.15, 0.2) is 17.7 Å². The molecule has 5 atom stereocenters. The highest BCUT2D eigenvalue weighted by Crippen LogP contribution is 2.68. The van der Waals surface area contributed by atoms with Crippen LogP contribution >= 0.6 is 0 Å². The summed E-state index contributed by atoms with van der Waals surface area (Å²) in [6.07, 6.45) is 0.749. The SMILES string of the molecule is COc1cc(C=O)c(O)c2c1C[C@H]1C[C@H]3[C@H](N(C)C)C(O)=C(C(N)=O)C4(O)O[C@]34C(O)=C1C2=O. The van der Waals surface area contributed by atoms with Gasteiger partial charge in [-0.05, 0) is 38.9 Å². The lowest BCUT2D eigenvalue weighted by Crippen LogP contribution is -2.57. The summed E-state index contributed by atoms with van der Waals surface area (Å²) >= 11 is 0. The fraction of sp³-hybridized carbons (Fsp3) is 0.435. The summed E-state index contributed by atoms with van der Waals surface area (Å²) in [5, 5.41) is 44.1. The molecule has 1 heterocycles. The number of ether oxygens (including phenoxy) is 2. The molecule has 0 aromatic heterocycles. The molecule has 1 amide bonds. The van der Waals surface area contributed by atoms with Crippen LogP contribution in [-0.2, 0) is 16.0 Å². The number of benzene rings is 1. The number of nitrogens with zero attached hydrogens (tertiary/aromatic N) is 1. The van der Waals surface area contributed by atoms with Crippen LogP contribution in [0, 0.1) is 11.8 Å². The summed E-state index contributed by atoms with van der Waals surface area (Å²) in [6, 6.07) is 0.491. The fourth-order valence-corrected chi connectivity index (χ4v) is 6.19. The molecule has 1 unspecified atom stereocenters. The molecule has 0 bridgehead atoms. The van der Waals surface area contributed by atoms with Crippen LogP contribution in [0.3, 0.4) is 0 Å². The molecule has 1 spiro atoms. The number of ketones is 1. The number of likely N-dealkylation sites (N-methyl/N-ethyl adjacent to an activating group) is 1. The van der Waals surface area contributed by atoms with Gasteiger partial charge >= 0.3 is 0 Å². The van der Waals surface area contributed by atoms with E-state index in [1.54, 1.807) is 19.0 Å². The Morgan fingerprint density at radius 2 is 2.00 bits per heavy atom. The topological polar surface area (TPSA) is 183 Å². The van der Waals surface area contributed by atoms with Crippen LogP contribution in [0.15, 0.2) is 28.7 Å². The van der Waals surface area contributed by atoms with Gasteiger partial charge in [0.25, 0.3) is 5.91 Å². The van der Waals surface area contributed by atoms with Crippen LogP contribution in [-0.4, -0.2) is 81.9 Å². The molecule has 5 rings (SSSR count). The number of methoxy groups -OCH3 is 1. The van der Waals surface area contributed by atoms with Crippen molar-refractivity contribution in [1.82, 2.24) is 4.90 Å². The van der Waals surface area contributed by atoms with Gasteiger partial charge in [-0.3, -0.25) is 19.3 Å². The number of amides is 1. The number of aldehydes is 1. The minimum absolute atomic E-state index is 0.0946. The highest BCUT2D eigenvalue weighted by Gasteiger charge is 2.84. The molecule has 4 aliphatic rings. The van der Waals surface area contributed by atoms with E-state index in [0.29, 0.717) is 11.8 Å². The number of aromatic hydroxyl groups is 1. The van der Waals surface area contributed by atoms with Gasteiger partial charge in [-0.25, -0.2) is 0 Å². The highest BCUT2D eigenvalue weighted by molar-refractivity contribution is 6.15. The van der Waals surface area contributed by atoms with Crippen LogP contribution < -0.4 is 10.5 Å². The number of carbonyl (C=O) groups excluding carboxylic acids is 3. The van der Waals surface area contributed by atoms with E-state index in [9.17, 15) is 34.8 Å². The molecule has 3 aliphatic carbocycles. The lowest BCUT2D eigenvalue weighted by atomic mass is 9.60. The van der Waals surface area contributed by atoms with Gasteiger partial charge in [0.2, 0.25) is 5.79 Å². The Balaban J connectivity index is 1.75. The Kier molecular flexibility index (Phi) is 4.48. The van der Waals surface area contributed by atoms with Crippen molar-refractivity contribution in [3.05, 3.63) is 45.4 Å². The molecule has 1 aromatic carbocycles. The van der Waals surface area contributed by atoms with Crippen molar-refractivity contribution in [2.75, 3.05) is 21.2 Å². The van der Waals surface area contributed by atoms with Crippen LogP contribution in [0.1, 0.15) is 32.7 Å². The van der Waals surface area contributed by atoms with E-state index >= 15 is 0 Å². The van der Waals surface area contributed by atoms with Gasteiger partial charge in [0, 0.05) is 17.1 Å². The van der Waals surface area contributed by atoms with Crippen LogP contribution in [0.5, 0.6) is 11.5 Å². The zero-order valence-corrected chi connectivity index (χ0v) is 18.7. The van der Waals surface area contributed by atoms with Gasteiger partial charge in [0.1, 0.15) is 28.6 Å². The average Bonchev–Trinajstić information content (AvgIpc) is 3.39. The standard InChI is InChI=1S/C23H24N2O9/c1-25(2)16-11-5-8-4-10-12(33-3)6-9(7-26)17(27)14(10)18(28)13(8)20(30)22(11)23(32,34-22)15(19(16)29)21(24)31/h6-8,11,16,27,29-30,32H,4-5H2,1-3H3,(H2,24,31)/t8-,11-,16-,22-,23?/m0/s1. The first kappa shape index (κ1) is 22.4. The van der Waals surface area contributed by atoms with Crippen LogP contribution in [0.4, 0.5) is 0 Å². The Morgan fingerprint density at radius 1 is 1.32 bits per heavy atom. The number of nitrogens with two attached hydrogens (primary N) is 1. The predicted molar refractivity (Wildman–Crippen MR) is 114 cm³/mol. The van der Waals surface area contributed by atoms with Crippen molar-refractivity contribution in [3.8, 4) is 11.5 Å². The molecule has 1 aliphatic heterocycles. The van der Waals surface area contributed by atoms with Crippen molar-refractivity contribution in [1.29, 1.82) is 0 Å². The lowest BCUT2D eigenvalue weighted by Gasteiger charge is -2.45. The first-order valence-corrected chi connectivity index (χ1v) is 10.6. The lowest BCUT2D eigenvalue weighted by molar-refractivity contribution is -0.117. The second kappa shape index (κ2) is 6.81. The molecular formula is C23H24N2O9. The third-order valence-corrected chi connectivity index (χ3v) is 7.57. The monoisotopic (exact) mass is 472 g/mol. The summed E-state index contributed by atoms with van der Waals surface area (Å²) in [5.41, 5.74) is 2.94. The normalized spacial score (nSPS) is 33.7. The molecule has 6 N–H and O–H groups in total. The summed E-state index contributed by atoms with van der Waals surface area (Å²) in [5.74, 6) is -6.93. The van der Waals surface area contributed by atoms with Gasteiger partial charge < -0.3 is 35.6 Å². The van der Waals surface area contributed by atoms with Crippen molar-refractivity contribution < 1.29 is 44.3 Å². The van der Waals surface area contributed by atoms with E-state index in [2.05, 4.69) is 0 Å². The maximum absolute atomic E-state index is 13.6. The molecule has 1 aromatic rings. The quantitative estimate of drug-likeness (QED) is 0.297. The van der Waals surface area contributed by atoms with Gasteiger partial charge in [-0.1, -0.05) is 0 Å². The Morgan fingerprint density at radius 3 is 2.56 bits per heavy atom. The van der Waals surface area contributed by atoms with E-state index in [1.807, 2.05) is 0 Å². The number of primary amides is 1. The summed E-state index contributed by atoms with van der Waals surface area (Å²) in [4.78, 5) is 38.8. The van der Waals surface area contributed by atoms with E-state index in [0.717, 1.165) is 0 Å². The van der Waals surface area contributed by atoms with E-state index < -0.39 is 63.8 Å². The van der Waals surface area contributed by atoms with Crippen LogP contribution in [0.2, 0.25) is 0 Å². The minimum Gasteiger partial charge on any atom is -0.510 e. The molecular weight excluding hydrogens is 448 g/mol. The fourth-order valence-electron chi connectivity index (χ4n) is 6.19. The number of epoxide rings is 1. The van der Waals surface area contributed by atoms with Crippen molar-refractivity contribution >= 4 is 18.0 Å². The number of hydrogen-bond donors (Lipinski definition) is 5. The molecule has 11 nitrogen and oxygen atoms in total. The number of allylic oxidation sites excluding steroid dienone is 1. The van der Waals surface area contributed by atoms with Crippen LogP contribution in [0.25, 0.3) is 0 Å². The third kappa shape index (κ3) is 2.38. The largest absolute Gasteiger partial charge is 0.510 e. The molecule has 180 valence electrons. The number of aliphatic hydroxyl groups is 3. The summed E-state index contributed by atoms with van der Waals surface area (Å²) in [7, 11) is 4.68. The smallest absolute Gasteiger partial charge is 0.253 e. The first-order chi connectivity index (χ1) is 16.0. The maximum Gasteiger partial charge on any atom is 0.253 e. The molecule has 11 heteroatoms. The number of rotatable bonds is 4. The van der Waals surface area contributed by atoms with Gasteiger partial charge in [0.05, 0.1) is 24.3 Å². The predicted octanol–water partition coefficient (Wildman–Crippen LogP) is 0.0991. The van der Waals surface area contributed by atoms with Crippen molar-refractivity contribution in [2.45, 2.75) is 30.3 Å². The molecule has 34 heavy (non-hydrogen) atoms. The number of phenolic OH excluding ortho intramolecular Hbond substituents is 1. The maximum atomic E-state index is 13.6. The Hall–Kier alpha value is -3.41. The van der Waals surface area contributed by atoms with E-state index in [-0.39, 0.29) is 35.3 Å². The van der Waals surface area contributed by atoms with Gasteiger partial charge in [-0.2, -0.15) is 0 Å². The highest BCUT2D eigenvalue weighted by atomic mass is 16.8. The molecule has 0 saturated carbocycles. The number of fused-ring (bicyclic) bond motifs is 2. The number of aliphatic hydroxyl groups excluding tert-OH is 2. The van der Waals surface area contributed by atoms with E-state index in [1.165, 1.54) is 13.2 Å². The van der Waals surface area contributed by atoms with E-state index in [4.69, 9.17) is 15.2 Å². The number of phenols is 1. The zero-order valence-electron chi connectivity index (χ0n) is 18.7. The average molecular weight is 472 g/mol. The number of hydrogen-bond acceptors (Lipinski definition) is 10. The molecule has 1 fully saturated rings. The molecule has 0 radical (unpaired) electrons. The Bertz CT molecular complexity index is 1250. The summed E-state index contributed by atoms with van der Waals surface area (Å²) < 4.78 is 11.0. The Labute approximate surface area is 193 Å². The third-order valence-electron chi connectivity index (χ3n) is 7.57. The first-order valence-electron chi connectivity index (χ1n) is 10.6. The molecule has 1 saturated heterocycles. The van der Waals surface area contributed by atoms with Crippen molar-refractivity contribution in [3.63, 3.8) is 0 Å². The van der Waals surface area contributed by atoms with Gasteiger partial charge in [-0.15, -0.1) is 0 Å². The second-order valence-electron chi connectivity index (χ2n) is 9.34. The zero-order chi connectivity index (χ0) is 24.9. The number of Topliss-reactive ketones (excluding diaryl/α,β-unsaturated/α-hetero) is 1. The summed E-state index contributed by atoms with van der Waals surface area (Å²) in [6.45, 7) is 0.